The maximum atomic E-state index is 13.9. The Labute approximate surface area is 145 Å². The topological polar surface area (TPSA) is 83.0 Å². The highest BCUT2D eigenvalue weighted by atomic mass is 35.5. The molecule has 10 heteroatoms. The molecule has 128 valence electrons. The van der Waals surface area contributed by atoms with Crippen LogP contribution in [0.2, 0.25) is 10.2 Å². The number of hydrogen-bond acceptors (Lipinski definition) is 4. The number of carboxylic acid groups (broad SMARTS) is 1. The average Bonchev–Trinajstić information content (AvgIpc) is 2.79. The zero-order valence-corrected chi connectivity index (χ0v) is 13.7. The Balaban J connectivity index is 1.78. The summed E-state index contributed by atoms with van der Waals surface area (Å²) in [5, 5.41) is 8.52. The molecule has 2 amide bonds. The molecule has 0 aromatic carbocycles. The van der Waals surface area contributed by atoms with Crippen LogP contribution < -0.4 is 4.74 Å². The van der Waals surface area contributed by atoms with Crippen LogP contribution >= 0.6 is 23.2 Å². The molecule has 0 aliphatic carbocycles. The quantitative estimate of drug-likeness (QED) is 0.703. The first kappa shape index (κ1) is 15.7. The molecule has 3 aliphatic heterocycles. The molecule has 3 atom stereocenters. The summed E-state index contributed by atoms with van der Waals surface area (Å²) in [5.41, 5.74) is -0.163. The number of pyridine rings is 1. The molecule has 3 aliphatic rings. The van der Waals surface area contributed by atoms with Crippen LogP contribution in [-0.2, 0) is 0 Å². The Bertz CT molecular complexity index is 762. The molecule has 2 bridgehead atoms. The lowest BCUT2D eigenvalue weighted by molar-refractivity contribution is 0.00986. The standard InChI is InChI=1S/C14H12Cl2FN3O4/c15-9-8-12(18-11(16)10(9)17)24-4-7-6-2-1-5(20(6)14(22)23)3-19(7)13(8)21/h5-7H,1-4H2,(H,22,23). The zero-order chi connectivity index (χ0) is 17.2. The van der Waals surface area contributed by atoms with E-state index >= 15 is 0 Å². The van der Waals surface area contributed by atoms with Crippen molar-refractivity contribution >= 4 is 35.2 Å². The van der Waals surface area contributed by atoms with Crippen LogP contribution in [0.1, 0.15) is 23.2 Å². The maximum Gasteiger partial charge on any atom is 0.407 e. The number of carbonyl (C=O) groups excluding carboxylic acids is 1. The van der Waals surface area contributed by atoms with Crippen LogP contribution in [0.5, 0.6) is 5.88 Å². The minimum absolute atomic E-state index is 0.0468. The number of fused-ring (bicyclic) bond motifs is 5. The largest absolute Gasteiger partial charge is 0.475 e. The molecule has 1 aromatic rings. The molecule has 4 rings (SSSR count). The van der Waals surface area contributed by atoms with E-state index in [1.54, 1.807) is 0 Å². The van der Waals surface area contributed by atoms with E-state index in [2.05, 4.69) is 4.98 Å². The second kappa shape index (κ2) is 5.35. The molecule has 3 unspecified atom stereocenters. The van der Waals surface area contributed by atoms with Crippen LogP contribution in [-0.4, -0.2) is 63.2 Å². The summed E-state index contributed by atoms with van der Waals surface area (Å²) >= 11 is 11.6. The Morgan fingerprint density at radius 3 is 2.79 bits per heavy atom. The highest BCUT2D eigenvalue weighted by Gasteiger charge is 2.52. The lowest BCUT2D eigenvalue weighted by Gasteiger charge is -2.44. The zero-order valence-electron chi connectivity index (χ0n) is 12.2. The van der Waals surface area contributed by atoms with Gasteiger partial charge in [0.1, 0.15) is 12.2 Å². The van der Waals surface area contributed by atoms with Crippen LogP contribution in [0.4, 0.5) is 9.18 Å². The predicted octanol–water partition coefficient (Wildman–Crippen LogP) is 2.26. The van der Waals surface area contributed by atoms with Crippen LogP contribution in [0.25, 0.3) is 0 Å². The number of hydrogen-bond donors (Lipinski definition) is 1. The average molecular weight is 376 g/mol. The van der Waals surface area contributed by atoms with E-state index in [0.717, 1.165) is 0 Å². The molecular formula is C14H12Cl2FN3O4. The van der Waals surface area contributed by atoms with Gasteiger partial charge in [0, 0.05) is 6.54 Å². The van der Waals surface area contributed by atoms with E-state index in [-0.39, 0.29) is 36.7 Å². The molecule has 7 nitrogen and oxygen atoms in total. The van der Waals surface area contributed by atoms with Gasteiger partial charge in [0.05, 0.1) is 23.1 Å². The molecule has 2 fully saturated rings. The maximum absolute atomic E-state index is 13.9. The van der Waals surface area contributed by atoms with Gasteiger partial charge < -0.3 is 14.7 Å². The van der Waals surface area contributed by atoms with Gasteiger partial charge in [-0.05, 0) is 12.8 Å². The number of rotatable bonds is 0. The predicted molar refractivity (Wildman–Crippen MR) is 81.2 cm³/mol. The monoisotopic (exact) mass is 375 g/mol. The van der Waals surface area contributed by atoms with E-state index in [4.69, 9.17) is 27.9 Å². The lowest BCUT2D eigenvalue weighted by Crippen LogP contribution is -2.63. The number of halogens is 3. The van der Waals surface area contributed by atoms with Gasteiger partial charge in [-0.15, -0.1) is 0 Å². The number of aromatic nitrogens is 1. The van der Waals surface area contributed by atoms with Crippen molar-refractivity contribution in [1.29, 1.82) is 0 Å². The second-order valence-electron chi connectivity index (χ2n) is 6.03. The number of piperazine rings is 1. The van der Waals surface area contributed by atoms with E-state index in [1.807, 2.05) is 0 Å². The van der Waals surface area contributed by atoms with Crippen molar-refractivity contribution in [2.24, 2.45) is 0 Å². The first-order valence-electron chi connectivity index (χ1n) is 7.39. The number of carbonyl (C=O) groups is 2. The van der Waals surface area contributed by atoms with Gasteiger partial charge in [0.2, 0.25) is 5.88 Å². The van der Waals surface area contributed by atoms with Gasteiger partial charge in [0.25, 0.3) is 5.91 Å². The fourth-order valence-corrected chi connectivity index (χ4v) is 4.33. The second-order valence-corrected chi connectivity index (χ2v) is 6.77. The minimum Gasteiger partial charge on any atom is -0.475 e. The molecule has 0 saturated carbocycles. The molecule has 2 saturated heterocycles. The Kier molecular flexibility index (Phi) is 3.50. The fourth-order valence-electron chi connectivity index (χ4n) is 3.86. The summed E-state index contributed by atoms with van der Waals surface area (Å²) in [6.07, 6.45) is 0.300. The van der Waals surface area contributed by atoms with E-state index < -0.39 is 34.0 Å². The molecule has 1 aromatic heterocycles. The van der Waals surface area contributed by atoms with Crippen molar-refractivity contribution in [3.05, 3.63) is 21.6 Å². The number of ether oxygens (including phenoxy) is 1. The molecule has 1 N–H and O–H groups in total. The molecule has 4 heterocycles. The molecule has 0 radical (unpaired) electrons. The molecular weight excluding hydrogens is 364 g/mol. The van der Waals surface area contributed by atoms with Crippen molar-refractivity contribution in [2.45, 2.75) is 31.0 Å². The Hall–Kier alpha value is -1.80. The van der Waals surface area contributed by atoms with Crippen LogP contribution in [0.15, 0.2) is 0 Å². The third-order valence-corrected chi connectivity index (χ3v) is 5.50. The van der Waals surface area contributed by atoms with E-state index in [1.165, 1.54) is 9.80 Å². The van der Waals surface area contributed by atoms with Crippen LogP contribution in [0, 0.1) is 5.82 Å². The number of nitrogens with zero attached hydrogens (tertiary/aromatic N) is 3. The SMILES string of the molecule is O=C1c2c(nc(Cl)c(F)c2Cl)OCC2C3CCC(CN12)N3C(=O)O. The summed E-state index contributed by atoms with van der Waals surface area (Å²) in [4.78, 5) is 31.1. The van der Waals surface area contributed by atoms with Crippen molar-refractivity contribution in [2.75, 3.05) is 13.2 Å². The van der Waals surface area contributed by atoms with Crippen molar-refractivity contribution in [3.63, 3.8) is 0 Å². The minimum atomic E-state index is -1.01. The summed E-state index contributed by atoms with van der Waals surface area (Å²) in [7, 11) is 0. The highest BCUT2D eigenvalue weighted by Crippen LogP contribution is 2.40. The van der Waals surface area contributed by atoms with Crippen molar-refractivity contribution in [3.8, 4) is 5.88 Å². The first-order chi connectivity index (χ1) is 11.4. The van der Waals surface area contributed by atoms with Crippen molar-refractivity contribution in [1.82, 2.24) is 14.8 Å². The third-order valence-electron chi connectivity index (χ3n) is 4.89. The highest BCUT2D eigenvalue weighted by molar-refractivity contribution is 6.36. The molecule has 0 spiro atoms. The summed E-state index contributed by atoms with van der Waals surface area (Å²) < 4.78 is 19.5. The van der Waals surface area contributed by atoms with Gasteiger partial charge >= 0.3 is 6.09 Å². The van der Waals surface area contributed by atoms with Crippen LogP contribution in [0.3, 0.4) is 0 Å². The third kappa shape index (κ3) is 2.05. The number of amides is 2. The van der Waals surface area contributed by atoms with Gasteiger partial charge in [0.15, 0.2) is 11.0 Å². The Morgan fingerprint density at radius 1 is 1.33 bits per heavy atom. The van der Waals surface area contributed by atoms with Gasteiger partial charge in [-0.1, -0.05) is 23.2 Å². The van der Waals surface area contributed by atoms with Crippen molar-refractivity contribution < 1.29 is 23.8 Å². The Morgan fingerprint density at radius 2 is 2.08 bits per heavy atom. The summed E-state index contributed by atoms with van der Waals surface area (Å²) in [5.74, 6) is -1.61. The fraction of sp³-hybridized carbons (Fsp3) is 0.500. The smallest absolute Gasteiger partial charge is 0.407 e. The summed E-state index contributed by atoms with van der Waals surface area (Å²) in [6.45, 7) is 0.265. The lowest BCUT2D eigenvalue weighted by atomic mass is 10.0. The van der Waals surface area contributed by atoms with E-state index in [9.17, 15) is 19.1 Å². The van der Waals surface area contributed by atoms with E-state index in [0.29, 0.717) is 12.8 Å². The van der Waals surface area contributed by atoms with Gasteiger partial charge in [-0.25, -0.2) is 9.18 Å². The van der Waals surface area contributed by atoms with Gasteiger partial charge in [-0.3, -0.25) is 9.69 Å². The summed E-state index contributed by atoms with van der Waals surface area (Å²) in [6, 6.07) is -1.11. The first-order valence-corrected chi connectivity index (χ1v) is 8.15. The molecule has 24 heavy (non-hydrogen) atoms. The normalized spacial score (nSPS) is 28.1. The van der Waals surface area contributed by atoms with Gasteiger partial charge in [-0.2, -0.15) is 4.98 Å².